The molecule has 1 unspecified atom stereocenters. The zero-order chi connectivity index (χ0) is 13.8. The van der Waals surface area contributed by atoms with E-state index in [-0.39, 0.29) is 5.82 Å². The molecule has 3 heteroatoms. The maximum Gasteiger partial charge on any atom is 0.123 e. The number of fused-ring (bicyclic) bond motifs is 1. The van der Waals surface area contributed by atoms with E-state index in [2.05, 4.69) is 25.2 Å². The molecule has 1 heterocycles. The minimum absolute atomic E-state index is 0.155. The molecule has 0 aliphatic rings. The van der Waals surface area contributed by atoms with Crippen molar-refractivity contribution in [3.63, 3.8) is 0 Å². The maximum absolute atomic E-state index is 13.2. The highest BCUT2D eigenvalue weighted by Crippen LogP contribution is 2.32. The number of halogens is 1. The Balaban J connectivity index is 2.11. The van der Waals surface area contributed by atoms with E-state index in [9.17, 15) is 4.39 Å². The predicted molar refractivity (Wildman–Crippen MR) is 82.3 cm³/mol. The lowest BCUT2D eigenvalue weighted by Gasteiger charge is -2.14. The van der Waals surface area contributed by atoms with E-state index in [0.717, 1.165) is 17.7 Å². The van der Waals surface area contributed by atoms with Crippen molar-refractivity contribution in [3.05, 3.63) is 35.0 Å². The summed E-state index contributed by atoms with van der Waals surface area (Å²) in [4.78, 5) is 1.31. The second-order valence-corrected chi connectivity index (χ2v) is 6.61. The van der Waals surface area contributed by atoms with E-state index in [1.165, 1.54) is 28.5 Å². The first-order valence-electron chi connectivity index (χ1n) is 6.96. The summed E-state index contributed by atoms with van der Waals surface area (Å²) in [5.41, 5.74) is 0. The monoisotopic (exact) mass is 279 g/mol. The summed E-state index contributed by atoms with van der Waals surface area (Å²) in [6, 6.07) is 7.55. The Bertz CT molecular complexity index is 533. The standard InChI is InChI=1S/C16H22FNS/c1-11(2)5-4-6-14(18-3)16-10-12-9-13(17)7-8-15(12)19-16/h7-11,14,18H,4-6H2,1-3H3. The van der Waals surface area contributed by atoms with Gasteiger partial charge in [0.2, 0.25) is 0 Å². The highest BCUT2D eigenvalue weighted by atomic mass is 32.1. The minimum atomic E-state index is -0.155. The number of rotatable bonds is 6. The largest absolute Gasteiger partial charge is 0.312 e. The normalized spacial score (nSPS) is 13.3. The number of hydrogen-bond donors (Lipinski definition) is 1. The van der Waals surface area contributed by atoms with Crippen LogP contribution < -0.4 is 5.32 Å². The van der Waals surface area contributed by atoms with Crippen molar-refractivity contribution < 1.29 is 4.39 Å². The Hall–Kier alpha value is -0.930. The molecule has 1 N–H and O–H groups in total. The molecule has 0 radical (unpaired) electrons. The van der Waals surface area contributed by atoms with Crippen LogP contribution in [0.3, 0.4) is 0 Å². The van der Waals surface area contributed by atoms with Crippen molar-refractivity contribution in [2.24, 2.45) is 5.92 Å². The van der Waals surface area contributed by atoms with Crippen LogP contribution in [0.1, 0.15) is 44.0 Å². The van der Waals surface area contributed by atoms with Crippen molar-refractivity contribution in [2.45, 2.75) is 39.2 Å². The van der Waals surface area contributed by atoms with Crippen LogP contribution in [0.2, 0.25) is 0 Å². The molecule has 19 heavy (non-hydrogen) atoms. The molecule has 1 aromatic carbocycles. The van der Waals surface area contributed by atoms with Crippen molar-refractivity contribution in [2.75, 3.05) is 7.05 Å². The number of hydrogen-bond acceptors (Lipinski definition) is 2. The van der Waals surface area contributed by atoms with Gasteiger partial charge in [0.15, 0.2) is 0 Å². The van der Waals surface area contributed by atoms with Crippen LogP contribution in [0.5, 0.6) is 0 Å². The molecule has 1 atom stereocenters. The van der Waals surface area contributed by atoms with Crippen LogP contribution in [0.15, 0.2) is 24.3 Å². The van der Waals surface area contributed by atoms with Crippen molar-refractivity contribution in [1.82, 2.24) is 5.32 Å². The molecule has 0 fully saturated rings. The van der Waals surface area contributed by atoms with Gasteiger partial charge in [0.25, 0.3) is 0 Å². The summed E-state index contributed by atoms with van der Waals surface area (Å²) in [6.07, 6.45) is 3.63. The van der Waals surface area contributed by atoms with Crippen molar-refractivity contribution >= 4 is 21.4 Å². The quantitative estimate of drug-likeness (QED) is 0.773. The fraction of sp³-hybridized carbons (Fsp3) is 0.500. The summed E-state index contributed by atoms with van der Waals surface area (Å²) in [7, 11) is 2.00. The smallest absolute Gasteiger partial charge is 0.123 e. The molecule has 2 rings (SSSR count). The average molecular weight is 279 g/mol. The van der Waals surface area contributed by atoms with Gasteiger partial charge in [-0.2, -0.15) is 0 Å². The molecule has 0 aliphatic heterocycles. The third-order valence-electron chi connectivity index (χ3n) is 3.46. The molecule has 104 valence electrons. The fourth-order valence-corrected chi connectivity index (χ4v) is 3.56. The van der Waals surface area contributed by atoms with Crippen molar-refractivity contribution in [1.29, 1.82) is 0 Å². The molecule has 2 aromatic rings. The molecular weight excluding hydrogens is 257 g/mol. The molecule has 1 nitrogen and oxygen atoms in total. The molecular formula is C16H22FNS. The van der Waals surface area contributed by atoms with E-state index in [1.807, 2.05) is 13.1 Å². The molecule has 0 amide bonds. The molecule has 1 aromatic heterocycles. The molecule has 0 saturated heterocycles. The highest BCUT2D eigenvalue weighted by Gasteiger charge is 2.13. The molecule has 0 saturated carbocycles. The first-order chi connectivity index (χ1) is 9.10. The lowest BCUT2D eigenvalue weighted by molar-refractivity contribution is 0.475. The van der Waals surface area contributed by atoms with E-state index >= 15 is 0 Å². The Morgan fingerprint density at radius 3 is 2.68 bits per heavy atom. The van der Waals surface area contributed by atoms with Gasteiger partial charge in [-0.3, -0.25) is 0 Å². The van der Waals surface area contributed by atoms with Crippen LogP contribution in [0.4, 0.5) is 4.39 Å². The van der Waals surface area contributed by atoms with Gasteiger partial charge in [0.1, 0.15) is 5.82 Å². The number of thiophene rings is 1. The predicted octanol–water partition coefficient (Wildman–Crippen LogP) is 5.13. The third kappa shape index (κ3) is 3.77. The van der Waals surface area contributed by atoms with Crippen molar-refractivity contribution in [3.8, 4) is 0 Å². The summed E-state index contributed by atoms with van der Waals surface area (Å²) in [6.45, 7) is 4.52. The third-order valence-corrected chi connectivity index (χ3v) is 4.69. The summed E-state index contributed by atoms with van der Waals surface area (Å²) in [5, 5.41) is 4.40. The van der Waals surface area contributed by atoms with E-state index in [4.69, 9.17) is 0 Å². The first kappa shape index (κ1) is 14.5. The lowest BCUT2D eigenvalue weighted by Crippen LogP contribution is -2.15. The Morgan fingerprint density at radius 2 is 2.00 bits per heavy atom. The highest BCUT2D eigenvalue weighted by molar-refractivity contribution is 7.19. The van der Waals surface area contributed by atoms with Crippen LogP contribution >= 0.6 is 11.3 Å². The molecule has 0 bridgehead atoms. The van der Waals surface area contributed by atoms with E-state index < -0.39 is 0 Å². The summed E-state index contributed by atoms with van der Waals surface area (Å²) in [5.74, 6) is 0.603. The van der Waals surface area contributed by atoms with Crippen LogP contribution in [0.25, 0.3) is 10.1 Å². The second kappa shape index (κ2) is 6.49. The SMILES string of the molecule is CNC(CCCC(C)C)c1cc2cc(F)ccc2s1. The maximum atomic E-state index is 13.2. The van der Waals surface area contributed by atoms with Gasteiger partial charge in [0, 0.05) is 15.6 Å². The minimum Gasteiger partial charge on any atom is -0.312 e. The average Bonchev–Trinajstić information content (AvgIpc) is 2.76. The Labute approximate surface area is 118 Å². The van der Waals surface area contributed by atoms with Gasteiger partial charge in [-0.15, -0.1) is 11.3 Å². The van der Waals surface area contributed by atoms with Gasteiger partial charge in [-0.05, 0) is 49.0 Å². The number of benzene rings is 1. The molecule has 0 spiro atoms. The van der Waals surface area contributed by atoms with Gasteiger partial charge in [-0.1, -0.05) is 26.7 Å². The van der Waals surface area contributed by atoms with Gasteiger partial charge in [-0.25, -0.2) is 4.39 Å². The van der Waals surface area contributed by atoms with E-state index in [1.54, 1.807) is 17.4 Å². The molecule has 0 aliphatic carbocycles. The number of nitrogens with one attached hydrogen (secondary N) is 1. The van der Waals surface area contributed by atoms with E-state index in [0.29, 0.717) is 6.04 Å². The zero-order valence-electron chi connectivity index (χ0n) is 11.9. The van der Waals surface area contributed by atoms with Crippen LogP contribution in [-0.4, -0.2) is 7.05 Å². The van der Waals surface area contributed by atoms with Gasteiger partial charge < -0.3 is 5.32 Å². The summed E-state index contributed by atoms with van der Waals surface area (Å²) >= 11 is 1.77. The Kier molecular flexibility index (Phi) is 4.94. The Morgan fingerprint density at radius 1 is 1.21 bits per heavy atom. The first-order valence-corrected chi connectivity index (χ1v) is 7.78. The van der Waals surface area contributed by atoms with Gasteiger partial charge >= 0.3 is 0 Å². The van der Waals surface area contributed by atoms with Crippen LogP contribution in [-0.2, 0) is 0 Å². The van der Waals surface area contributed by atoms with Crippen LogP contribution in [0, 0.1) is 11.7 Å². The second-order valence-electron chi connectivity index (χ2n) is 5.50. The lowest BCUT2D eigenvalue weighted by atomic mass is 10.0. The van der Waals surface area contributed by atoms with Gasteiger partial charge in [0.05, 0.1) is 0 Å². The zero-order valence-corrected chi connectivity index (χ0v) is 12.7. The fourth-order valence-electron chi connectivity index (χ4n) is 2.37. The summed E-state index contributed by atoms with van der Waals surface area (Å²) < 4.78 is 14.4. The topological polar surface area (TPSA) is 12.0 Å².